The average Bonchev–Trinajstić information content (AvgIpc) is 2.76. The van der Waals surface area contributed by atoms with Crippen molar-refractivity contribution in [2.75, 3.05) is 31.2 Å². The molecule has 0 aromatic heterocycles. The summed E-state index contributed by atoms with van der Waals surface area (Å²) < 4.78 is 11.0. The molecule has 0 aliphatic heterocycles. The number of carbonyl (C=O) groups excluding carboxylic acids is 3. The van der Waals surface area contributed by atoms with Gasteiger partial charge in [-0.3, -0.25) is 14.4 Å². The van der Waals surface area contributed by atoms with Crippen molar-refractivity contribution >= 4 is 23.4 Å². The van der Waals surface area contributed by atoms with E-state index in [0.717, 1.165) is 18.8 Å². The largest absolute Gasteiger partial charge is 0.465 e. The average molecular weight is 476 g/mol. The Balaban J connectivity index is 2.55. The van der Waals surface area contributed by atoms with Crippen LogP contribution in [0.15, 0.2) is 24.3 Å². The molecule has 0 saturated heterocycles. The maximum Gasteiger partial charge on any atom is 0.317 e. The quantitative estimate of drug-likeness (QED) is 0.404. The monoisotopic (exact) mass is 475 g/mol. The summed E-state index contributed by atoms with van der Waals surface area (Å²) in [7, 11) is 0. The van der Waals surface area contributed by atoms with Gasteiger partial charge < -0.3 is 19.5 Å². The van der Waals surface area contributed by atoms with Crippen molar-refractivity contribution in [1.29, 1.82) is 0 Å². The van der Waals surface area contributed by atoms with Gasteiger partial charge in [0.1, 0.15) is 5.92 Å². The lowest BCUT2D eigenvalue weighted by Crippen LogP contribution is -2.55. The number of anilines is 1. The van der Waals surface area contributed by atoms with Crippen LogP contribution in [0.4, 0.5) is 5.69 Å². The van der Waals surface area contributed by atoms with Crippen molar-refractivity contribution in [2.24, 2.45) is 23.7 Å². The molecule has 1 fully saturated rings. The number of hydrogen-bond donors (Lipinski definition) is 1. The zero-order chi connectivity index (χ0) is 25.6. The van der Waals surface area contributed by atoms with E-state index in [9.17, 15) is 19.5 Å². The zero-order valence-corrected chi connectivity index (χ0v) is 21.7. The van der Waals surface area contributed by atoms with Gasteiger partial charge in [-0.15, -0.1) is 0 Å². The summed E-state index contributed by atoms with van der Waals surface area (Å²) in [5.41, 5.74) is -0.0231. The van der Waals surface area contributed by atoms with Gasteiger partial charge in [0.25, 0.3) is 0 Å². The van der Waals surface area contributed by atoms with E-state index in [1.54, 1.807) is 0 Å². The van der Waals surface area contributed by atoms with Gasteiger partial charge in [-0.2, -0.15) is 0 Å². The number of rotatable bonds is 10. The highest BCUT2D eigenvalue weighted by atomic mass is 16.5. The third kappa shape index (κ3) is 6.59. The molecule has 1 aliphatic carbocycles. The van der Waals surface area contributed by atoms with Crippen LogP contribution in [-0.2, 0) is 23.9 Å². The smallest absolute Gasteiger partial charge is 0.317 e. The summed E-state index contributed by atoms with van der Waals surface area (Å²) in [6.45, 7) is 15.3. The molecule has 7 heteroatoms. The molecule has 1 aliphatic rings. The van der Waals surface area contributed by atoms with Gasteiger partial charge in [-0.25, -0.2) is 0 Å². The Labute approximate surface area is 203 Å². The van der Waals surface area contributed by atoms with E-state index < -0.39 is 41.1 Å². The first-order chi connectivity index (χ1) is 15.9. The fourth-order valence-electron chi connectivity index (χ4n) is 4.59. The van der Waals surface area contributed by atoms with Gasteiger partial charge in [0.15, 0.2) is 5.78 Å². The first-order valence-electron chi connectivity index (χ1n) is 12.4. The van der Waals surface area contributed by atoms with Crippen molar-refractivity contribution in [3.05, 3.63) is 29.8 Å². The Kier molecular flexibility index (Phi) is 9.68. The molecule has 0 spiro atoms. The maximum atomic E-state index is 13.3. The third-order valence-corrected chi connectivity index (χ3v) is 6.30. The molecule has 1 aromatic carbocycles. The second kappa shape index (κ2) is 11.8. The minimum Gasteiger partial charge on any atom is -0.465 e. The molecule has 0 unspecified atom stereocenters. The number of benzene rings is 1. The maximum absolute atomic E-state index is 13.3. The molecule has 1 N–H and O–H groups in total. The van der Waals surface area contributed by atoms with Crippen LogP contribution in [0.25, 0.3) is 0 Å². The van der Waals surface area contributed by atoms with Crippen LogP contribution in [0.3, 0.4) is 0 Å². The standard InChI is InChI=1S/C27H41NO6/c1-8-28(9-2)20-12-10-19(11-13-20)22-23(25(30)33-15-17(3)4)21(29)14-27(7,32)24(22)26(31)34-16-18(5)6/h10-13,17-18,22-24,32H,8-9,14-16H2,1-7H3/t22-,23-,24-,27+/m1/s1. The van der Waals surface area contributed by atoms with Crippen molar-refractivity contribution in [1.82, 2.24) is 0 Å². The second-order valence-corrected chi connectivity index (χ2v) is 10.3. The molecule has 4 atom stereocenters. The lowest BCUT2D eigenvalue weighted by atomic mass is 9.61. The normalized spacial score (nSPS) is 24.9. The fraction of sp³-hybridized carbons (Fsp3) is 0.667. The van der Waals surface area contributed by atoms with Gasteiger partial charge in [0.05, 0.1) is 24.7 Å². The number of nitrogens with zero attached hydrogens (tertiary/aromatic N) is 1. The van der Waals surface area contributed by atoms with Crippen LogP contribution in [0.1, 0.15) is 66.4 Å². The van der Waals surface area contributed by atoms with Crippen molar-refractivity contribution < 1.29 is 29.0 Å². The van der Waals surface area contributed by atoms with Gasteiger partial charge in [-0.1, -0.05) is 39.8 Å². The summed E-state index contributed by atoms with van der Waals surface area (Å²) in [5.74, 6) is -4.64. The summed E-state index contributed by atoms with van der Waals surface area (Å²) in [4.78, 5) is 41.7. The first-order valence-corrected chi connectivity index (χ1v) is 12.4. The molecule has 0 heterocycles. The highest BCUT2D eigenvalue weighted by Gasteiger charge is 2.57. The zero-order valence-electron chi connectivity index (χ0n) is 21.7. The minimum absolute atomic E-state index is 0.101. The summed E-state index contributed by atoms with van der Waals surface area (Å²) in [6, 6.07) is 7.50. The number of hydrogen-bond acceptors (Lipinski definition) is 7. The topological polar surface area (TPSA) is 93.1 Å². The number of Topliss-reactive ketones (excluding diaryl/α,β-unsaturated/α-hetero) is 1. The van der Waals surface area contributed by atoms with Crippen molar-refractivity contribution in [3.63, 3.8) is 0 Å². The molecule has 0 bridgehead atoms. The minimum atomic E-state index is -1.65. The highest BCUT2D eigenvalue weighted by Crippen LogP contribution is 2.47. The van der Waals surface area contributed by atoms with E-state index in [4.69, 9.17) is 9.47 Å². The molecular formula is C27H41NO6. The summed E-state index contributed by atoms with van der Waals surface area (Å²) in [6.07, 6.45) is -0.316. The van der Waals surface area contributed by atoms with Crippen LogP contribution in [0, 0.1) is 23.7 Å². The summed E-state index contributed by atoms with van der Waals surface area (Å²) >= 11 is 0. The lowest BCUT2D eigenvalue weighted by molar-refractivity contribution is -0.173. The Bertz CT molecular complexity index is 841. The predicted octanol–water partition coefficient (Wildman–Crippen LogP) is 3.97. The van der Waals surface area contributed by atoms with Gasteiger partial charge in [0.2, 0.25) is 0 Å². The Morgan fingerprint density at radius 1 is 1.00 bits per heavy atom. The number of esters is 2. The fourth-order valence-corrected chi connectivity index (χ4v) is 4.59. The number of aliphatic hydroxyl groups is 1. The third-order valence-electron chi connectivity index (χ3n) is 6.30. The van der Waals surface area contributed by atoms with E-state index in [2.05, 4.69) is 18.7 Å². The number of ether oxygens (including phenoxy) is 2. The molecule has 190 valence electrons. The van der Waals surface area contributed by atoms with Crippen LogP contribution in [-0.4, -0.2) is 54.7 Å². The Morgan fingerprint density at radius 3 is 1.97 bits per heavy atom. The molecule has 1 saturated carbocycles. The van der Waals surface area contributed by atoms with E-state index in [1.807, 2.05) is 52.0 Å². The lowest BCUT2D eigenvalue weighted by Gasteiger charge is -2.43. The highest BCUT2D eigenvalue weighted by molar-refractivity contribution is 6.02. The molecule has 2 rings (SSSR count). The summed E-state index contributed by atoms with van der Waals surface area (Å²) in [5, 5.41) is 11.2. The molecule has 0 amide bonds. The second-order valence-electron chi connectivity index (χ2n) is 10.3. The molecule has 1 aromatic rings. The van der Waals surface area contributed by atoms with Crippen molar-refractivity contribution in [2.45, 2.75) is 66.4 Å². The van der Waals surface area contributed by atoms with Crippen LogP contribution in [0.2, 0.25) is 0 Å². The van der Waals surface area contributed by atoms with E-state index >= 15 is 0 Å². The van der Waals surface area contributed by atoms with Gasteiger partial charge in [0, 0.05) is 31.1 Å². The van der Waals surface area contributed by atoms with E-state index in [0.29, 0.717) is 5.56 Å². The molecular weight excluding hydrogens is 434 g/mol. The van der Waals surface area contributed by atoms with Crippen LogP contribution < -0.4 is 4.90 Å². The van der Waals surface area contributed by atoms with Crippen LogP contribution >= 0.6 is 0 Å². The number of carbonyl (C=O) groups is 3. The van der Waals surface area contributed by atoms with E-state index in [1.165, 1.54) is 6.92 Å². The van der Waals surface area contributed by atoms with Crippen LogP contribution in [0.5, 0.6) is 0 Å². The van der Waals surface area contributed by atoms with Gasteiger partial charge in [-0.05, 0) is 50.3 Å². The van der Waals surface area contributed by atoms with Gasteiger partial charge >= 0.3 is 11.9 Å². The Hall–Kier alpha value is -2.41. The first kappa shape index (κ1) is 27.8. The van der Waals surface area contributed by atoms with E-state index in [-0.39, 0.29) is 31.5 Å². The molecule has 7 nitrogen and oxygen atoms in total. The predicted molar refractivity (Wildman–Crippen MR) is 132 cm³/mol. The molecule has 0 radical (unpaired) electrons. The SMILES string of the molecule is CCN(CC)c1ccc([C@@H]2[C@H](C(=O)OCC(C)C)C(=O)C[C@](C)(O)[C@H]2C(=O)OCC(C)C)cc1. The Morgan fingerprint density at radius 2 is 1.50 bits per heavy atom. The van der Waals surface area contributed by atoms with Crippen molar-refractivity contribution in [3.8, 4) is 0 Å². The molecule has 34 heavy (non-hydrogen) atoms. The number of ketones is 1.